The van der Waals surface area contributed by atoms with Gasteiger partial charge in [0, 0.05) is 12.5 Å². The first-order chi connectivity index (χ1) is 12.5. The van der Waals surface area contributed by atoms with Crippen LogP contribution in [0, 0.1) is 12.8 Å². The van der Waals surface area contributed by atoms with Crippen LogP contribution in [0.5, 0.6) is 11.5 Å². The number of hydrogen-bond donors (Lipinski definition) is 2. The molecule has 3 rings (SSSR count). The number of hydrogen-bond acceptors (Lipinski definition) is 5. The Morgan fingerprint density at radius 3 is 2.54 bits per heavy atom. The molecule has 26 heavy (non-hydrogen) atoms. The Morgan fingerprint density at radius 1 is 1.15 bits per heavy atom. The standard InChI is InChI=1S/C19H22N2O4S/c1-11-8-16(21-18(22)13-5-6-13)26-17(11)19(23)20-10-12-4-7-14(24-2)15(9-12)25-3/h4,7-9,13H,5-6,10H2,1-3H3,(H,20,23)(H,21,22). The molecule has 6 nitrogen and oxygen atoms in total. The lowest BCUT2D eigenvalue weighted by molar-refractivity contribution is -0.117. The predicted molar refractivity (Wildman–Crippen MR) is 101 cm³/mol. The predicted octanol–water partition coefficient (Wildman–Crippen LogP) is 3.35. The summed E-state index contributed by atoms with van der Waals surface area (Å²) in [6.45, 7) is 2.24. The molecule has 2 amide bonds. The normalized spacial score (nSPS) is 13.2. The summed E-state index contributed by atoms with van der Waals surface area (Å²) in [4.78, 5) is 25.0. The number of ether oxygens (including phenoxy) is 2. The Bertz CT molecular complexity index is 827. The molecule has 0 radical (unpaired) electrons. The summed E-state index contributed by atoms with van der Waals surface area (Å²) in [5, 5.41) is 6.52. The van der Waals surface area contributed by atoms with Gasteiger partial charge in [-0.25, -0.2) is 0 Å². The van der Waals surface area contributed by atoms with Crippen molar-refractivity contribution < 1.29 is 19.1 Å². The average molecular weight is 374 g/mol. The average Bonchev–Trinajstić information content (AvgIpc) is 3.43. The van der Waals surface area contributed by atoms with Crippen molar-refractivity contribution in [1.82, 2.24) is 5.32 Å². The van der Waals surface area contributed by atoms with E-state index in [1.54, 1.807) is 14.2 Å². The quantitative estimate of drug-likeness (QED) is 0.779. The van der Waals surface area contributed by atoms with E-state index in [0.717, 1.165) is 29.0 Å². The van der Waals surface area contributed by atoms with Crippen molar-refractivity contribution in [3.8, 4) is 11.5 Å². The molecule has 0 saturated heterocycles. The smallest absolute Gasteiger partial charge is 0.261 e. The van der Waals surface area contributed by atoms with Crippen molar-refractivity contribution in [1.29, 1.82) is 0 Å². The van der Waals surface area contributed by atoms with Crippen LogP contribution in [-0.2, 0) is 11.3 Å². The molecule has 0 spiro atoms. The van der Waals surface area contributed by atoms with Gasteiger partial charge < -0.3 is 20.1 Å². The highest BCUT2D eigenvalue weighted by Crippen LogP contribution is 2.33. The second-order valence-electron chi connectivity index (χ2n) is 6.26. The van der Waals surface area contributed by atoms with Crippen LogP contribution in [0.3, 0.4) is 0 Å². The summed E-state index contributed by atoms with van der Waals surface area (Å²) < 4.78 is 10.5. The molecule has 1 heterocycles. The van der Waals surface area contributed by atoms with Crippen LogP contribution in [0.25, 0.3) is 0 Å². The Kier molecular flexibility index (Phi) is 5.46. The molecule has 0 aliphatic heterocycles. The van der Waals surface area contributed by atoms with Gasteiger partial charge in [-0.05, 0) is 49.1 Å². The lowest BCUT2D eigenvalue weighted by Crippen LogP contribution is -2.22. The number of carbonyl (C=O) groups is 2. The lowest BCUT2D eigenvalue weighted by Gasteiger charge is -2.10. The molecule has 2 aromatic rings. The molecule has 1 fully saturated rings. The number of carbonyl (C=O) groups excluding carboxylic acids is 2. The number of methoxy groups -OCH3 is 2. The number of aryl methyl sites for hydroxylation is 1. The molecule has 0 bridgehead atoms. The van der Waals surface area contributed by atoms with Crippen LogP contribution in [0.15, 0.2) is 24.3 Å². The van der Waals surface area contributed by atoms with E-state index in [1.807, 2.05) is 31.2 Å². The zero-order chi connectivity index (χ0) is 18.7. The fourth-order valence-electron chi connectivity index (χ4n) is 2.59. The van der Waals surface area contributed by atoms with Crippen molar-refractivity contribution >= 4 is 28.2 Å². The number of benzene rings is 1. The Balaban J connectivity index is 1.63. The molecule has 0 unspecified atom stereocenters. The number of amides is 2. The maximum absolute atomic E-state index is 12.5. The molecule has 0 atom stereocenters. The van der Waals surface area contributed by atoms with Gasteiger partial charge in [0.25, 0.3) is 5.91 Å². The van der Waals surface area contributed by atoms with E-state index >= 15 is 0 Å². The second-order valence-corrected chi connectivity index (χ2v) is 7.31. The molecule has 1 aromatic heterocycles. The highest BCUT2D eigenvalue weighted by molar-refractivity contribution is 7.18. The number of thiophene rings is 1. The minimum absolute atomic E-state index is 0.0449. The SMILES string of the molecule is COc1ccc(CNC(=O)c2sc(NC(=O)C3CC3)cc2C)cc1OC. The van der Waals surface area contributed by atoms with E-state index in [4.69, 9.17) is 9.47 Å². The topological polar surface area (TPSA) is 76.7 Å². The maximum Gasteiger partial charge on any atom is 0.261 e. The summed E-state index contributed by atoms with van der Waals surface area (Å²) in [5.74, 6) is 1.29. The summed E-state index contributed by atoms with van der Waals surface area (Å²) in [5.41, 5.74) is 1.76. The van der Waals surface area contributed by atoms with Crippen LogP contribution in [0.1, 0.15) is 33.6 Å². The molecule has 2 N–H and O–H groups in total. The zero-order valence-corrected chi connectivity index (χ0v) is 15.9. The highest BCUT2D eigenvalue weighted by Gasteiger charge is 2.30. The van der Waals surface area contributed by atoms with Gasteiger partial charge in [0.05, 0.1) is 24.1 Å². The van der Waals surface area contributed by atoms with Crippen molar-refractivity contribution in [2.24, 2.45) is 5.92 Å². The minimum Gasteiger partial charge on any atom is -0.493 e. The Morgan fingerprint density at radius 2 is 1.88 bits per heavy atom. The van der Waals surface area contributed by atoms with Crippen LogP contribution >= 0.6 is 11.3 Å². The van der Waals surface area contributed by atoms with E-state index in [0.29, 0.717) is 22.9 Å². The van der Waals surface area contributed by atoms with E-state index in [-0.39, 0.29) is 17.7 Å². The van der Waals surface area contributed by atoms with Crippen molar-refractivity contribution in [3.63, 3.8) is 0 Å². The Hall–Kier alpha value is -2.54. The highest BCUT2D eigenvalue weighted by atomic mass is 32.1. The lowest BCUT2D eigenvalue weighted by atomic mass is 10.2. The number of anilines is 1. The zero-order valence-electron chi connectivity index (χ0n) is 15.0. The van der Waals surface area contributed by atoms with Crippen LogP contribution in [0.4, 0.5) is 5.00 Å². The Labute approximate surface area is 156 Å². The molecule has 1 saturated carbocycles. The summed E-state index contributed by atoms with van der Waals surface area (Å²) in [6, 6.07) is 7.37. The molecule has 7 heteroatoms. The van der Waals surface area contributed by atoms with Crippen molar-refractivity contribution in [3.05, 3.63) is 40.3 Å². The minimum atomic E-state index is -0.158. The first-order valence-electron chi connectivity index (χ1n) is 8.42. The third-order valence-electron chi connectivity index (χ3n) is 4.22. The van der Waals surface area contributed by atoms with Gasteiger partial charge in [-0.2, -0.15) is 0 Å². The number of nitrogens with one attached hydrogen (secondary N) is 2. The van der Waals surface area contributed by atoms with Crippen molar-refractivity contribution in [2.45, 2.75) is 26.3 Å². The first-order valence-corrected chi connectivity index (χ1v) is 9.24. The summed E-state index contributed by atoms with van der Waals surface area (Å²) >= 11 is 1.30. The van der Waals surface area contributed by atoms with E-state index in [1.165, 1.54) is 11.3 Å². The molecule has 1 aliphatic rings. The fourth-order valence-corrected chi connectivity index (χ4v) is 3.58. The molecular formula is C19H22N2O4S. The second kappa shape index (κ2) is 7.78. The van der Waals surface area contributed by atoms with Crippen LogP contribution in [-0.4, -0.2) is 26.0 Å². The molecular weight excluding hydrogens is 352 g/mol. The molecule has 1 aromatic carbocycles. The van der Waals surface area contributed by atoms with Gasteiger partial charge in [0.2, 0.25) is 5.91 Å². The summed E-state index contributed by atoms with van der Waals surface area (Å²) in [7, 11) is 3.16. The summed E-state index contributed by atoms with van der Waals surface area (Å²) in [6.07, 6.45) is 1.91. The van der Waals surface area contributed by atoms with Gasteiger partial charge in [0.15, 0.2) is 11.5 Å². The fraction of sp³-hybridized carbons (Fsp3) is 0.368. The van der Waals surface area contributed by atoms with Crippen LogP contribution < -0.4 is 20.1 Å². The van der Waals surface area contributed by atoms with E-state index in [2.05, 4.69) is 10.6 Å². The molecule has 138 valence electrons. The van der Waals surface area contributed by atoms with Gasteiger partial charge in [-0.3, -0.25) is 9.59 Å². The maximum atomic E-state index is 12.5. The van der Waals surface area contributed by atoms with Gasteiger partial charge >= 0.3 is 0 Å². The van der Waals surface area contributed by atoms with Gasteiger partial charge in [-0.15, -0.1) is 11.3 Å². The number of rotatable bonds is 7. The van der Waals surface area contributed by atoms with Gasteiger partial charge in [-0.1, -0.05) is 6.07 Å². The van der Waals surface area contributed by atoms with Crippen molar-refractivity contribution in [2.75, 3.05) is 19.5 Å². The third kappa shape index (κ3) is 4.16. The van der Waals surface area contributed by atoms with E-state index < -0.39 is 0 Å². The molecule has 1 aliphatic carbocycles. The van der Waals surface area contributed by atoms with Crippen LogP contribution in [0.2, 0.25) is 0 Å². The first kappa shape index (κ1) is 18.3. The monoisotopic (exact) mass is 374 g/mol. The largest absolute Gasteiger partial charge is 0.493 e. The van der Waals surface area contributed by atoms with E-state index in [9.17, 15) is 9.59 Å². The van der Waals surface area contributed by atoms with Gasteiger partial charge in [0.1, 0.15) is 0 Å². The third-order valence-corrected chi connectivity index (χ3v) is 5.37.